The van der Waals surface area contributed by atoms with Crippen LogP contribution in [0.4, 0.5) is 0 Å². The van der Waals surface area contributed by atoms with Gasteiger partial charge in [0, 0.05) is 28.3 Å². The molecule has 0 aromatic heterocycles. The van der Waals surface area contributed by atoms with E-state index in [2.05, 4.69) is 11.4 Å². The first-order valence-corrected chi connectivity index (χ1v) is 13.3. The van der Waals surface area contributed by atoms with E-state index < -0.39 is 24.0 Å². The van der Waals surface area contributed by atoms with E-state index in [1.165, 1.54) is 4.90 Å². The topological polar surface area (TPSA) is 99.1 Å². The maximum absolute atomic E-state index is 13.0. The summed E-state index contributed by atoms with van der Waals surface area (Å²) in [5, 5.41) is 24.5. The number of ether oxygens (including phenoxy) is 1. The first-order chi connectivity index (χ1) is 17.4. The van der Waals surface area contributed by atoms with Crippen molar-refractivity contribution in [2.75, 3.05) is 20.2 Å². The Labute approximate surface area is 220 Å². The molecule has 0 radical (unpaired) electrons. The Morgan fingerprint density at radius 2 is 2.00 bits per heavy atom. The summed E-state index contributed by atoms with van der Waals surface area (Å²) < 4.78 is 5.43. The molecule has 1 fully saturated rings. The molecule has 0 aliphatic carbocycles. The number of allylic oxidation sites excluding steroid dienone is 1. The Hall–Kier alpha value is -2.52. The maximum atomic E-state index is 13.0. The summed E-state index contributed by atoms with van der Waals surface area (Å²) in [5.41, 5.74) is 2.00. The molecule has 4 rings (SSSR count). The molecule has 1 unspecified atom stereocenters. The van der Waals surface area contributed by atoms with Crippen molar-refractivity contribution in [3.05, 3.63) is 75.7 Å². The minimum absolute atomic E-state index is 0.235. The average Bonchev–Trinajstić information content (AvgIpc) is 3.56. The van der Waals surface area contributed by atoms with Crippen LogP contribution in [0.3, 0.4) is 0 Å². The summed E-state index contributed by atoms with van der Waals surface area (Å²) in [6.07, 6.45) is 1.56. The van der Waals surface area contributed by atoms with Gasteiger partial charge >= 0.3 is 0 Å². The second-order valence-electron chi connectivity index (χ2n) is 9.01. The number of para-hydroxylation sites is 1. The largest absolute Gasteiger partial charge is 0.496 e. The number of hydrogen-bond donors (Lipinski definition) is 3. The van der Waals surface area contributed by atoms with Crippen LogP contribution in [-0.2, 0) is 16.0 Å². The minimum Gasteiger partial charge on any atom is -0.496 e. The van der Waals surface area contributed by atoms with Crippen LogP contribution in [0.15, 0.2) is 59.5 Å². The van der Waals surface area contributed by atoms with Gasteiger partial charge in [-0.3, -0.25) is 9.59 Å². The van der Waals surface area contributed by atoms with Crippen molar-refractivity contribution in [3.63, 3.8) is 0 Å². The highest BCUT2D eigenvalue weighted by Gasteiger charge is 2.38. The van der Waals surface area contributed by atoms with Crippen molar-refractivity contribution in [3.8, 4) is 5.75 Å². The fraction of sp³-hybridized carbons (Fsp3) is 0.407. The number of amides is 2. The van der Waals surface area contributed by atoms with Crippen LogP contribution in [0, 0.1) is 0 Å². The summed E-state index contributed by atoms with van der Waals surface area (Å²) >= 11 is 7.77. The molecule has 0 spiro atoms. The number of aliphatic hydroxyl groups excluding tert-OH is 2. The third-order valence-electron chi connectivity index (χ3n) is 6.59. The fourth-order valence-corrected chi connectivity index (χ4v) is 6.18. The van der Waals surface area contributed by atoms with Crippen LogP contribution < -0.4 is 10.1 Å². The number of benzene rings is 2. The second kappa shape index (κ2) is 12.1. The van der Waals surface area contributed by atoms with Gasteiger partial charge in [-0.05, 0) is 55.0 Å². The van der Waals surface area contributed by atoms with Crippen molar-refractivity contribution >= 4 is 35.2 Å². The monoisotopic (exact) mass is 530 g/mol. The van der Waals surface area contributed by atoms with Gasteiger partial charge in [0.2, 0.25) is 0 Å². The predicted octanol–water partition coefficient (Wildman–Crippen LogP) is 3.48. The number of thioether (sulfide) groups is 1. The lowest BCUT2D eigenvalue weighted by Gasteiger charge is -2.28. The van der Waals surface area contributed by atoms with E-state index in [0.29, 0.717) is 16.8 Å². The van der Waals surface area contributed by atoms with Crippen molar-refractivity contribution in [2.24, 2.45) is 0 Å². The molecule has 2 aromatic carbocycles. The average molecular weight is 531 g/mol. The summed E-state index contributed by atoms with van der Waals surface area (Å²) in [4.78, 5) is 28.0. The number of nitrogens with one attached hydrogen (secondary N) is 1. The molecule has 3 N–H and O–H groups in total. The zero-order chi connectivity index (χ0) is 25.7. The van der Waals surface area contributed by atoms with Crippen LogP contribution in [-0.4, -0.2) is 64.6 Å². The van der Waals surface area contributed by atoms with Gasteiger partial charge in [0.15, 0.2) is 12.2 Å². The second-order valence-corrected chi connectivity index (χ2v) is 10.9. The molecule has 2 heterocycles. The number of carbonyl (C=O) groups is 2. The summed E-state index contributed by atoms with van der Waals surface area (Å²) in [6.45, 7) is 0.678. The van der Waals surface area contributed by atoms with E-state index in [1.807, 2.05) is 36.4 Å². The van der Waals surface area contributed by atoms with Gasteiger partial charge < -0.3 is 25.2 Å². The number of halogens is 1. The van der Waals surface area contributed by atoms with Gasteiger partial charge in [-0.1, -0.05) is 48.0 Å². The SMILES string of the molecule is COc1ccccc1CC1CC=C(CNC(=O)[C@H](O)[C@@H](O)C(=O)N2CCC[C@@H]2c2cccc(Cl)c2)S1. The Kier molecular flexibility index (Phi) is 8.95. The van der Waals surface area contributed by atoms with Gasteiger partial charge in [-0.25, -0.2) is 0 Å². The van der Waals surface area contributed by atoms with Crippen molar-refractivity contribution in [1.82, 2.24) is 10.2 Å². The molecule has 2 aromatic rings. The van der Waals surface area contributed by atoms with E-state index >= 15 is 0 Å². The molecule has 0 saturated carbocycles. The van der Waals surface area contributed by atoms with Crippen molar-refractivity contribution in [2.45, 2.75) is 49.2 Å². The Bertz CT molecular complexity index is 1130. The van der Waals surface area contributed by atoms with E-state index in [-0.39, 0.29) is 12.6 Å². The highest BCUT2D eigenvalue weighted by atomic mass is 35.5. The lowest BCUT2D eigenvalue weighted by atomic mass is 10.0. The molecule has 1 saturated heterocycles. The standard InChI is InChI=1S/C27H31ClN2O5S/c1-35-23-10-3-2-6-18(23)15-20-11-12-21(36-20)16-29-26(33)24(31)25(32)27(34)30-13-5-9-22(30)17-7-4-8-19(28)14-17/h2-4,6-8,10,12,14,20,22,24-25,31-32H,5,9,11,13,15-16H2,1H3,(H,29,33)/t20?,22-,24-,25-/m1/s1. The van der Waals surface area contributed by atoms with Gasteiger partial charge in [-0.15, -0.1) is 11.8 Å². The molecule has 2 aliphatic rings. The smallest absolute Gasteiger partial charge is 0.255 e. The van der Waals surface area contributed by atoms with E-state index in [0.717, 1.165) is 47.5 Å². The van der Waals surface area contributed by atoms with Crippen LogP contribution in [0.2, 0.25) is 5.02 Å². The van der Waals surface area contributed by atoms with Gasteiger partial charge in [-0.2, -0.15) is 0 Å². The molecule has 192 valence electrons. The zero-order valence-corrected chi connectivity index (χ0v) is 21.7. The highest BCUT2D eigenvalue weighted by Crippen LogP contribution is 2.36. The number of rotatable bonds is 9. The van der Waals surface area contributed by atoms with Crippen LogP contribution >= 0.6 is 23.4 Å². The number of aliphatic hydroxyl groups is 2. The van der Waals surface area contributed by atoms with E-state index in [4.69, 9.17) is 16.3 Å². The molecular formula is C27H31ClN2O5S. The summed E-state index contributed by atoms with van der Waals surface area (Å²) in [5.74, 6) is -0.576. The molecule has 4 atom stereocenters. The van der Waals surface area contributed by atoms with Gasteiger partial charge in [0.25, 0.3) is 11.8 Å². The Morgan fingerprint density at radius 3 is 2.78 bits per heavy atom. The highest BCUT2D eigenvalue weighted by molar-refractivity contribution is 8.03. The normalized spacial score (nSPS) is 21.1. The third-order valence-corrected chi connectivity index (χ3v) is 8.13. The number of likely N-dealkylation sites (tertiary alicyclic amines) is 1. The third kappa shape index (κ3) is 6.24. The van der Waals surface area contributed by atoms with Gasteiger partial charge in [0.1, 0.15) is 5.75 Å². The van der Waals surface area contributed by atoms with Crippen molar-refractivity contribution in [1.29, 1.82) is 0 Å². The lowest BCUT2D eigenvalue weighted by Crippen LogP contribution is -2.50. The Morgan fingerprint density at radius 1 is 1.19 bits per heavy atom. The quantitative estimate of drug-likeness (QED) is 0.459. The van der Waals surface area contributed by atoms with Crippen LogP contribution in [0.1, 0.15) is 36.4 Å². The molecular weight excluding hydrogens is 500 g/mol. The minimum atomic E-state index is -1.85. The molecule has 2 amide bonds. The number of nitrogens with zero attached hydrogens (tertiary/aromatic N) is 1. The summed E-state index contributed by atoms with van der Waals surface area (Å²) in [7, 11) is 1.66. The van der Waals surface area contributed by atoms with Crippen LogP contribution in [0.25, 0.3) is 0 Å². The molecule has 2 aliphatic heterocycles. The number of methoxy groups -OCH3 is 1. The molecule has 9 heteroatoms. The first-order valence-electron chi connectivity index (χ1n) is 12.0. The van der Waals surface area contributed by atoms with E-state index in [1.54, 1.807) is 31.0 Å². The predicted molar refractivity (Wildman–Crippen MR) is 141 cm³/mol. The first kappa shape index (κ1) is 26.5. The number of hydrogen-bond acceptors (Lipinski definition) is 6. The van der Waals surface area contributed by atoms with Crippen LogP contribution in [0.5, 0.6) is 5.75 Å². The molecule has 0 bridgehead atoms. The molecule has 36 heavy (non-hydrogen) atoms. The van der Waals surface area contributed by atoms with Gasteiger partial charge in [0.05, 0.1) is 13.2 Å². The van der Waals surface area contributed by atoms with Crippen molar-refractivity contribution < 1.29 is 24.5 Å². The summed E-state index contributed by atoms with van der Waals surface area (Å²) in [6, 6.07) is 14.9. The fourth-order valence-electron chi connectivity index (χ4n) is 4.75. The van der Waals surface area contributed by atoms with E-state index in [9.17, 15) is 19.8 Å². The number of carbonyl (C=O) groups excluding carboxylic acids is 2. The Balaban J connectivity index is 1.27. The zero-order valence-electron chi connectivity index (χ0n) is 20.1. The maximum Gasteiger partial charge on any atom is 0.255 e. The molecule has 7 nitrogen and oxygen atoms in total. The lowest BCUT2D eigenvalue weighted by molar-refractivity contribution is -0.153.